The summed E-state index contributed by atoms with van der Waals surface area (Å²) in [5.41, 5.74) is 6.06. The number of nitrogens with zero attached hydrogens (tertiary/aromatic N) is 3. The van der Waals surface area contributed by atoms with Gasteiger partial charge < -0.3 is 20.7 Å². The third kappa shape index (κ3) is 2.97. The van der Waals surface area contributed by atoms with Crippen molar-refractivity contribution in [2.45, 2.75) is 37.4 Å². The second-order valence-electron chi connectivity index (χ2n) is 7.37. The van der Waals surface area contributed by atoms with Crippen molar-refractivity contribution >= 4 is 30.0 Å². The van der Waals surface area contributed by atoms with Gasteiger partial charge in [0, 0.05) is 6.20 Å². The van der Waals surface area contributed by atoms with Crippen LogP contribution >= 0.6 is 6.89 Å². The molecule has 1 aliphatic rings. The van der Waals surface area contributed by atoms with E-state index in [0.717, 1.165) is 6.16 Å². The lowest BCUT2D eigenvalue weighted by atomic mass is 9.95. The number of hydrogen-bond donors (Lipinski definition) is 3. The third-order valence-electron chi connectivity index (χ3n) is 4.52. The van der Waals surface area contributed by atoms with E-state index in [0.29, 0.717) is 23.3 Å². The number of nitrogens with two attached hydrogens (primary N) is 1. The molecule has 24 heavy (non-hydrogen) atoms. The average Bonchev–Trinajstić information content (AvgIpc) is 2.99. The van der Waals surface area contributed by atoms with Crippen LogP contribution in [0.2, 0.25) is 0 Å². The number of aromatic nitrogens is 3. The lowest BCUT2D eigenvalue weighted by Gasteiger charge is -2.27. The molecule has 0 aliphatic carbocycles. The maximum absolute atomic E-state index is 10.8. The molecule has 0 aromatic carbocycles. The molecule has 1 unspecified atom stereocenters. The number of imidazole rings is 1. The zero-order valence-corrected chi connectivity index (χ0v) is 15.1. The van der Waals surface area contributed by atoms with E-state index in [1.807, 2.05) is 0 Å². The first kappa shape index (κ1) is 17.4. The molecule has 1 fully saturated rings. The van der Waals surface area contributed by atoms with Crippen molar-refractivity contribution in [1.29, 1.82) is 0 Å². The fourth-order valence-electron chi connectivity index (χ4n) is 3.07. The molecule has 0 amide bonds. The molecule has 8 heteroatoms. The van der Waals surface area contributed by atoms with Gasteiger partial charge in [-0.2, -0.15) is 0 Å². The fourth-order valence-corrected chi connectivity index (χ4v) is 4.03. The van der Waals surface area contributed by atoms with Crippen LogP contribution in [0.15, 0.2) is 18.6 Å². The zero-order chi connectivity index (χ0) is 17.7. The van der Waals surface area contributed by atoms with Crippen LogP contribution in [0.4, 0.5) is 5.69 Å². The van der Waals surface area contributed by atoms with Crippen molar-refractivity contribution in [3.8, 4) is 0 Å². The molecule has 4 N–H and O–H groups in total. The summed E-state index contributed by atoms with van der Waals surface area (Å²) < 4.78 is 7.65. The number of anilines is 1. The Labute approximate surface area is 141 Å². The Bertz CT molecular complexity index is 798. The van der Waals surface area contributed by atoms with Crippen LogP contribution in [0.25, 0.3) is 11.2 Å². The third-order valence-corrected chi connectivity index (χ3v) is 5.99. The number of fused-ring (bicyclic) bond motifs is 1. The summed E-state index contributed by atoms with van der Waals surface area (Å²) in [6, 6.07) is 1.67. The Morgan fingerprint density at radius 2 is 2.17 bits per heavy atom. The number of rotatable bonds is 4. The normalized spacial score (nSPS) is 31.0. The first-order valence-corrected chi connectivity index (χ1v) is 11.0. The van der Waals surface area contributed by atoms with Gasteiger partial charge in [-0.1, -0.05) is 0 Å². The molecule has 0 spiro atoms. The van der Waals surface area contributed by atoms with E-state index >= 15 is 0 Å². The second kappa shape index (κ2) is 5.85. The first-order chi connectivity index (χ1) is 11.1. The van der Waals surface area contributed by atoms with Crippen LogP contribution < -0.4 is 5.73 Å². The number of aliphatic hydroxyl groups is 2. The quantitative estimate of drug-likeness (QED) is 0.712. The van der Waals surface area contributed by atoms with E-state index in [1.54, 1.807) is 30.1 Å². The molecule has 0 saturated carbocycles. The number of nitrogen functional groups attached to an aromatic ring is 1. The highest BCUT2D eigenvalue weighted by atomic mass is 31.2. The van der Waals surface area contributed by atoms with Crippen molar-refractivity contribution in [3.63, 3.8) is 0 Å². The number of hydrogen-bond acceptors (Lipinski definition) is 6. The molecule has 1 saturated heterocycles. The van der Waals surface area contributed by atoms with Crippen molar-refractivity contribution in [3.05, 3.63) is 18.6 Å². The maximum Gasteiger partial charge on any atom is 0.168 e. The lowest BCUT2D eigenvalue weighted by molar-refractivity contribution is -0.0939. The van der Waals surface area contributed by atoms with Gasteiger partial charge in [0.25, 0.3) is 0 Å². The maximum atomic E-state index is 10.8. The van der Waals surface area contributed by atoms with E-state index in [-0.39, 0.29) is 0 Å². The van der Waals surface area contributed by atoms with Crippen LogP contribution in [0.5, 0.6) is 0 Å². The summed E-state index contributed by atoms with van der Waals surface area (Å²) in [4.78, 5) is 8.55. The van der Waals surface area contributed by atoms with Crippen molar-refractivity contribution in [2.24, 2.45) is 0 Å². The van der Waals surface area contributed by atoms with Crippen LogP contribution in [0.1, 0.15) is 19.6 Å². The summed E-state index contributed by atoms with van der Waals surface area (Å²) >= 11 is 0. The molecule has 3 heterocycles. The molecule has 2 aromatic heterocycles. The minimum absolute atomic E-state index is 0.454. The minimum atomic E-state index is -1.45. The summed E-state index contributed by atoms with van der Waals surface area (Å²) in [6.07, 6.45) is 6.63. The SMILES string of the molecule is C=P(C)(C)CCC1O[C@@H](n2cnc3c(N)ccnc32)[C@@](C)(O)[C@@H]1O. The predicted octanol–water partition coefficient (Wildman–Crippen LogP) is 1.12. The topological polar surface area (TPSA) is 106 Å². The van der Waals surface area contributed by atoms with E-state index in [4.69, 9.17) is 10.5 Å². The van der Waals surface area contributed by atoms with E-state index in [9.17, 15) is 10.2 Å². The fraction of sp³-hybridized carbons (Fsp3) is 0.562. The monoisotopic (exact) mass is 352 g/mol. The molecular weight excluding hydrogens is 327 g/mol. The summed E-state index contributed by atoms with van der Waals surface area (Å²) in [5.74, 6) is 0. The van der Waals surface area contributed by atoms with Crippen LogP contribution in [-0.2, 0) is 4.74 Å². The molecule has 1 aliphatic heterocycles. The van der Waals surface area contributed by atoms with E-state index < -0.39 is 30.9 Å². The van der Waals surface area contributed by atoms with Crippen molar-refractivity contribution in [1.82, 2.24) is 14.5 Å². The van der Waals surface area contributed by atoms with Crippen LogP contribution in [-0.4, -0.2) is 68.3 Å². The van der Waals surface area contributed by atoms with Gasteiger partial charge >= 0.3 is 0 Å². The van der Waals surface area contributed by atoms with Crippen LogP contribution in [0.3, 0.4) is 0 Å². The lowest BCUT2D eigenvalue weighted by Crippen LogP contribution is -2.43. The molecule has 132 valence electrons. The highest BCUT2D eigenvalue weighted by molar-refractivity contribution is 7.72. The number of aliphatic hydroxyl groups excluding tert-OH is 1. The van der Waals surface area contributed by atoms with Gasteiger partial charge in [0.1, 0.15) is 17.2 Å². The number of ether oxygens (including phenoxy) is 1. The van der Waals surface area contributed by atoms with E-state index in [2.05, 4.69) is 29.6 Å². The Morgan fingerprint density at radius 3 is 2.83 bits per heavy atom. The van der Waals surface area contributed by atoms with Gasteiger partial charge in [-0.05, 0) is 38.9 Å². The van der Waals surface area contributed by atoms with Gasteiger partial charge in [-0.25, -0.2) is 9.97 Å². The summed E-state index contributed by atoms with van der Waals surface area (Å²) in [7, 11) is 0. The first-order valence-electron chi connectivity index (χ1n) is 7.91. The van der Waals surface area contributed by atoms with Gasteiger partial charge in [0.05, 0.1) is 18.1 Å². The predicted molar refractivity (Wildman–Crippen MR) is 97.9 cm³/mol. The Balaban J connectivity index is 1.92. The average molecular weight is 352 g/mol. The van der Waals surface area contributed by atoms with Gasteiger partial charge in [0.15, 0.2) is 11.9 Å². The molecule has 3 rings (SSSR count). The standard InChI is InChI=1S/C16H25N4O3P/c1-16(22)13(21)11(6-8-24(2,3)4)23-15(16)20-9-19-12-10(17)5-7-18-14(12)20/h5,7,9,11,13,15,21-22H,2,6,8H2,1,3-4H3,(H2,17,18)/t11?,13-,15-,16+/m1/s1. The summed E-state index contributed by atoms with van der Waals surface area (Å²) in [6.45, 7) is 4.62. The largest absolute Gasteiger partial charge is 0.397 e. The Hall–Kier alpha value is -1.40. The van der Waals surface area contributed by atoms with Gasteiger partial charge in [0.2, 0.25) is 0 Å². The highest BCUT2D eigenvalue weighted by Crippen LogP contribution is 2.43. The van der Waals surface area contributed by atoms with Crippen molar-refractivity contribution in [2.75, 3.05) is 25.2 Å². The molecule has 4 atom stereocenters. The number of pyridine rings is 1. The molecular formula is C16H25N4O3P. The summed E-state index contributed by atoms with van der Waals surface area (Å²) in [5, 5.41) is 21.4. The molecule has 0 radical (unpaired) electrons. The van der Waals surface area contributed by atoms with E-state index in [1.165, 1.54) is 0 Å². The Morgan fingerprint density at radius 1 is 1.46 bits per heavy atom. The minimum Gasteiger partial charge on any atom is -0.397 e. The van der Waals surface area contributed by atoms with Gasteiger partial charge in [-0.15, -0.1) is 13.2 Å². The van der Waals surface area contributed by atoms with Crippen LogP contribution in [0, 0.1) is 0 Å². The molecule has 7 nitrogen and oxygen atoms in total. The smallest absolute Gasteiger partial charge is 0.168 e. The van der Waals surface area contributed by atoms with Gasteiger partial charge in [-0.3, -0.25) is 4.57 Å². The van der Waals surface area contributed by atoms with Crippen molar-refractivity contribution < 1.29 is 14.9 Å². The highest BCUT2D eigenvalue weighted by Gasteiger charge is 2.53. The zero-order valence-electron chi connectivity index (χ0n) is 14.3. The molecule has 2 aromatic rings. The second-order valence-corrected chi connectivity index (χ2v) is 11.7. The molecule has 0 bridgehead atoms. The Kier molecular flexibility index (Phi) is 4.24.